The zero-order chi connectivity index (χ0) is 14.0. The van der Waals surface area contributed by atoms with Crippen LogP contribution in [0.25, 0.3) is 0 Å². The van der Waals surface area contributed by atoms with E-state index in [1.165, 1.54) is 11.0 Å². The number of rotatable bonds is 4. The van der Waals surface area contributed by atoms with Gasteiger partial charge in [-0.1, -0.05) is 13.8 Å². The van der Waals surface area contributed by atoms with Gasteiger partial charge >= 0.3 is 0 Å². The highest BCUT2D eigenvalue weighted by molar-refractivity contribution is 9.13. The molecule has 6 nitrogen and oxygen atoms in total. The van der Waals surface area contributed by atoms with Crippen molar-refractivity contribution in [3.05, 3.63) is 37.6 Å². The summed E-state index contributed by atoms with van der Waals surface area (Å²) in [6, 6.07) is 0. The number of halogens is 2. The minimum Gasteiger partial charge on any atom is -0.266 e. The van der Waals surface area contributed by atoms with Gasteiger partial charge in [-0.15, -0.1) is 0 Å². The van der Waals surface area contributed by atoms with Crippen molar-refractivity contribution < 1.29 is 0 Å². The molecule has 0 saturated carbocycles. The molecule has 2 aromatic heterocycles. The first-order chi connectivity index (χ1) is 8.99. The second-order valence-electron chi connectivity index (χ2n) is 4.52. The molecular weight excluding hydrogens is 378 g/mol. The topological polar surface area (TPSA) is 65.6 Å². The first-order valence-electron chi connectivity index (χ1n) is 5.77. The van der Waals surface area contributed by atoms with Crippen molar-refractivity contribution in [2.75, 3.05) is 0 Å². The van der Waals surface area contributed by atoms with Crippen LogP contribution >= 0.6 is 31.9 Å². The average molecular weight is 391 g/mol. The predicted octanol–water partition coefficient (Wildman–Crippen LogP) is 2.06. The van der Waals surface area contributed by atoms with Crippen LogP contribution in [0.5, 0.6) is 0 Å². The monoisotopic (exact) mass is 389 g/mol. The Morgan fingerprint density at radius 3 is 2.68 bits per heavy atom. The van der Waals surface area contributed by atoms with E-state index in [9.17, 15) is 4.79 Å². The van der Waals surface area contributed by atoms with Gasteiger partial charge in [-0.25, -0.2) is 14.3 Å². The highest BCUT2D eigenvalue weighted by atomic mass is 79.9. The summed E-state index contributed by atoms with van der Waals surface area (Å²) in [6.07, 6.45) is 3.07. The zero-order valence-corrected chi connectivity index (χ0v) is 13.7. The molecule has 0 amide bonds. The molecule has 0 aliphatic heterocycles. The van der Waals surface area contributed by atoms with Crippen molar-refractivity contribution >= 4 is 31.9 Å². The summed E-state index contributed by atoms with van der Waals surface area (Å²) in [5.41, 5.74) is -0.200. The van der Waals surface area contributed by atoms with Gasteiger partial charge in [0.25, 0.3) is 5.56 Å². The largest absolute Gasteiger partial charge is 0.282 e. The van der Waals surface area contributed by atoms with Gasteiger partial charge in [0.2, 0.25) is 0 Å². The van der Waals surface area contributed by atoms with Crippen LogP contribution in [0.2, 0.25) is 0 Å². The van der Waals surface area contributed by atoms with Gasteiger partial charge in [0.1, 0.15) is 23.2 Å². The molecule has 2 heterocycles. The smallest absolute Gasteiger partial charge is 0.266 e. The molecule has 0 radical (unpaired) electrons. The molecule has 0 aliphatic rings. The van der Waals surface area contributed by atoms with Gasteiger partial charge in [0.05, 0.1) is 10.7 Å². The second kappa shape index (κ2) is 5.96. The fraction of sp³-hybridized carbons (Fsp3) is 0.455. The second-order valence-corrected chi connectivity index (χ2v) is 6.17. The lowest BCUT2D eigenvalue weighted by Gasteiger charge is -2.09. The van der Waals surface area contributed by atoms with Crippen LogP contribution in [0.4, 0.5) is 0 Å². The highest BCUT2D eigenvalue weighted by Gasteiger charge is 2.11. The Morgan fingerprint density at radius 1 is 1.26 bits per heavy atom. The minimum absolute atomic E-state index is 0.200. The van der Waals surface area contributed by atoms with Crippen LogP contribution in [-0.2, 0) is 13.1 Å². The van der Waals surface area contributed by atoms with Crippen LogP contribution in [0.15, 0.2) is 26.3 Å². The van der Waals surface area contributed by atoms with Gasteiger partial charge in [-0.05, 0) is 37.8 Å². The zero-order valence-electron chi connectivity index (χ0n) is 10.5. The lowest BCUT2D eigenvalue weighted by Crippen LogP contribution is -2.26. The van der Waals surface area contributed by atoms with E-state index in [0.717, 1.165) is 12.4 Å². The summed E-state index contributed by atoms with van der Waals surface area (Å²) in [6.45, 7) is 5.28. The average Bonchev–Trinajstić information content (AvgIpc) is 2.77. The van der Waals surface area contributed by atoms with E-state index in [1.54, 1.807) is 10.9 Å². The summed E-state index contributed by atoms with van der Waals surface area (Å²) >= 11 is 6.48. The van der Waals surface area contributed by atoms with E-state index in [4.69, 9.17) is 0 Å². The lowest BCUT2D eigenvalue weighted by atomic mass is 10.2. The Balaban J connectivity index is 2.30. The van der Waals surface area contributed by atoms with E-state index in [0.29, 0.717) is 21.4 Å². The van der Waals surface area contributed by atoms with Gasteiger partial charge in [-0.2, -0.15) is 10.2 Å². The molecular formula is C11H13Br2N5O. The molecule has 0 fully saturated rings. The molecule has 8 heteroatoms. The number of aromatic nitrogens is 5. The van der Waals surface area contributed by atoms with Crippen molar-refractivity contribution in [2.24, 2.45) is 5.92 Å². The van der Waals surface area contributed by atoms with Gasteiger partial charge in [0.15, 0.2) is 0 Å². The van der Waals surface area contributed by atoms with Gasteiger partial charge in [-0.3, -0.25) is 4.79 Å². The van der Waals surface area contributed by atoms with Crippen LogP contribution in [0, 0.1) is 5.92 Å². The maximum atomic E-state index is 12.0. The molecule has 0 aliphatic carbocycles. The molecule has 102 valence electrons. The molecule has 19 heavy (non-hydrogen) atoms. The summed E-state index contributed by atoms with van der Waals surface area (Å²) < 4.78 is 4.25. The number of hydrogen-bond acceptors (Lipinski definition) is 4. The van der Waals surface area contributed by atoms with E-state index in [1.807, 2.05) is 0 Å². The van der Waals surface area contributed by atoms with E-state index < -0.39 is 0 Å². The lowest BCUT2D eigenvalue weighted by molar-refractivity contribution is 0.453. The summed E-state index contributed by atoms with van der Waals surface area (Å²) in [4.78, 5) is 16.2. The SMILES string of the molecule is CC(C)Cn1ncnc1Cn1ncc(Br)c(Br)c1=O. The fourth-order valence-electron chi connectivity index (χ4n) is 1.60. The molecule has 0 bridgehead atoms. The van der Waals surface area contributed by atoms with Crippen LogP contribution < -0.4 is 5.56 Å². The molecule has 2 rings (SSSR count). The van der Waals surface area contributed by atoms with E-state index >= 15 is 0 Å². The summed E-state index contributed by atoms with van der Waals surface area (Å²) in [7, 11) is 0. The van der Waals surface area contributed by atoms with Crippen molar-refractivity contribution in [1.29, 1.82) is 0 Å². The molecule has 0 saturated heterocycles. The van der Waals surface area contributed by atoms with Crippen molar-refractivity contribution in [3.8, 4) is 0 Å². The van der Waals surface area contributed by atoms with Gasteiger partial charge in [0, 0.05) is 6.54 Å². The van der Waals surface area contributed by atoms with Crippen molar-refractivity contribution in [1.82, 2.24) is 24.5 Å². The molecule has 0 unspecified atom stereocenters. The first-order valence-corrected chi connectivity index (χ1v) is 7.35. The summed E-state index contributed by atoms with van der Waals surface area (Å²) in [5.74, 6) is 1.18. The molecule has 0 N–H and O–H groups in total. The van der Waals surface area contributed by atoms with Crippen LogP contribution in [-0.4, -0.2) is 24.5 Å². The maximum absolute atomic E-state index is 12.0. The Bertz CT molecular complexity index is 634. The maximum Gasteiger partial charge on any atom is 0.282 e. The fourth-order valence-corrected chi connectivity index (χ4v) is 2.17. The van der Waals surface area contributed by atoms with E-state index in [-0.39, 0.29) is 5.56 Å². The Labute approximate surface area is 127 Å². The third-order valence-electron chi connectivity index (χ3n) is 2.47. The normalized spacial score (nSPS) is 11.2. The Kier molecular flexibility index (Phi) is 4.51. The van der Waals surface area contributed by atoms with Crippen molar-refractivity contribution in [3.63, 3.8) is 0 Å². The molecule has 2 aromatic rings. The van der Waals surface area contributed by atoms with Crippen molar-refractivity contribution in [2.45, 2.75) is 26.9 Å². The summed E-state index contributed by atoms with van der Waals surface area (Å²) in [5, 5.41) is 8.24. The van der Waals surface area contributed by atoms with Gasteiger partial charge < -0.3 is 0 Å². The Hall–Kier alpha value is -1.02. The third kappa shape index (κ3) is 3.30. The quantitative estimate of drug-likeness (QED) is 0.801. The minimum atomic E-state index is -0.200. The van der Waals surface area contributed by atoms with Crippen LogP contribution in [0.1, 0.15) is 19.7 Å². The molecule has 0 spiro atoms. The number of hydrogen-bond donors (Lipinski definition) is 0. The highest BCUT2D eigenvalue weighted by Crippen LogP contribution is 2.16. The molecule has 0 atom stereocenters. The third-order valence-corrected chi connectivity index (χ3v) is 4.37. The molecule has 0 aromatic carbocycles. The first kappa shape index (κ1) is 14.4. The Morgan fingerprint density at radius 2 is 2.00 bits per heavy atom. The van der Waals surface area contributed by atoms with Crippen LogP contribution in [0.3, 0.4) is 0 Å². The predicted molar refractivity (Wildman–Crippen MR) is 77.9 cm³/mol. The standard InChI is InChI=1S/C11H13Br2N5O/c1-7(2)4-17-9(14-6-16-17)5-18-11(19)10(13)8(12)3-15-18/h3,6-7H,4-5H2,1-2H3. The van der Waals surface area contributed by atoms with E-state index in [2.05, 4.69) is 60.9 Å². The number of nitrogens with zero attached hydrogens (tertiary/aromatic N) is 5.